The van der Waals surface area contributed by atoms with Crippen molar-refractivity contribution in [3.8, 4) is 5.75 Å². The molecule has 1 amide bonds. The Hall–Kier alpha value is -3.67. The van der Waals surface area contributed by atoms with Crippen LogP contribution < -0.4 is 10.1 Å². The molecule has 0 fully saturated rings. The first kappa shape index (κ1) is 20.6. The molecule has 0 radical (unpaired) electrons. The first-order chi connectivity index (χ1) is 15.0. The largest absolute Gasteiger partial charge is 0.491 e. The molecule has 0 saturated heterocycles. The van der Waals surface area contributed by atoms with Gasteiger partial charge in [0.15, 0.2) is 0 Å². The summed E-state index contributed by atoms with van der Waals surface area (Å²) < 4.78 is 8.19. The van der Waals surface area contributed by atoms with Gasteiger partial charge in [0.2, 0.25) is 0 Å². The van der Waals surface area contributed by atoms with Crippen LogP contribution in [0.4, 0.5) is 0 Å². The number of aromatic nitrogens is 3. The van der Waals surface area contributed by atoms with Crippen LogP contribution in [0.2, 0.25) is 0 Å². The second-order valence-electron chi connectivity index (χ2n) is 7.64. The number of carbonyl (C=O) groups is 1. The van der Waals surface area contributed by atoms with E-state index in [1.165, 1.54) is 5.56 Å². The van der Waals surface area contributed by atoms with E-state index in [1.807, 2.05) is 38.1 Å². The summed E-state index contributed by atoms with van der Waals surface area (Å²) >= 11 is 0. The van der Waals surface area contributed by atoms with Gasteiger partial charge in [0.1, 0.15) is 23.9 Å². The molecule has 31 heavy (non-hydrogen) atoms. The SMILES string of the molecule is Cc1ccc(C)c(OCCn2c(C(C)NC(=O)c3ccccn3)nc3ccccc32)c1. The number of hydrogen-bond donors (Lipinski definition) is 1. The van der Waals surface area contributed by atoms with Crippen LogP contribution in [0.1, 0.15) is 40.4 Å². The zero-order valence-electron chi connectivity index (χ0n) is 18.0. The summed E-state index contributed by atoms with van der Waals surface area (Å²) in [5.74, 6) is 1.45. The van der Waals surface area contributed by atoms with Crippen LogP contribution in [-0.4, -0.2) is 27.0 Å². The average Bonchev–Trinajstić information content (AvgIpc) is 3.15. The number of nitrogens with one attached hydrogen (secondary N) is 1. The molecule has 1 atom stereocenters. The molecule has 2 heterocycles. The minimum absolute atomic E-state index is 0.224. The molecule has 6 nitrogen and oxygen atoms in total. The van der Waals surface area contributed by atoms with Gasteiger partial charge in [-0.15, -0.1) is 0 Å². The number of amides is 1. The lowest BCUT2D eigenvalue weighted by atomic mass is 10.1. The molecule has 0 aliphatic carbocycles. The molecule has 0 bridgehead atoms. The topological polar surface area (TPSA) is 69.0 Å². The number of benzene rings is 2. The van der Waals surface area contributed by atoms with Gasteiger partial charge in [-0.3, -0.25) is 9.78 Å². The van der Waals surface area contributed by atoms with Crippen molar-refractivity contribution in [3.63, 3.8) is 0 Å². The number of pyridine rings is 1. The van der Waals surface area contributed by atoms with Crippen molar-refractivity contribution < 1.29 is 9.53 Å². The summed E-state index contributed by atoms with van der Waals surface area (Å²) in [7, 11) is 0. The number of ether oxygens (including phenoxy) is 1. The van der Waals surface area contributed by atoms with Gasteiger partial charge in [0, 0.05) is 6.20 Å². The van der Waals surface area contributed by atoms with Crippen molar-refractivity contribution in [2.75, 3.05) is 6.61 Å². The summed E-state index contributed by atoms with van der Waals surface area (Å²) in [6.07, 6.45) is 1.61. The van der Waals surface area contributed by atoms with Crippen molar-refractivity contribution in [2.45, 2.75) is 33.4 Å². The van der Waals surface area contributed by atoms with Gasteiger partial charge in [-0.1, -0.05) is 30.3 Å². The number of nitrogens with zero attached hydrogens (tertiary/aromatic N) is 3. The minimum Gasteiger partial charge on any atom is -0.491 e. The van der Waals surface area contributed by atoms with Crippen molar-refractivity contribution in [3.05, 3.63) is 89.5 Å². The Balaban J connectivity index is 1.55. The molecule has 0 aliphatic heterocycles. The third-order valence-corrected chi connectivity index (χ3v) is 5.23. The van der Waals surface area contributed by atoms with Gasteiger partial charge in [0.25, 0.3) is 5.91 Å². The molecular weight excluding hydrogens is 388 g/mol. The Morgan fingerprint density at radius 1 is 1.10 bits per heavy atom. The molecule has 0 spiro atoms. The fourth-order valence-corrected chi connectivity index (χ4v) is 3.60. The number of fused-ring (bicyclic) bond motifs is 1. The Morgan fingerprint density at radius 2 is 1.90 bits per heavy atom. The van der Waals surface area contributed by atoms with E-state index in [-0.39, 0.29) is 11.9 Å². The molecule has 0 saturated carbocycles. The first-order valence-electron chi connectivity index (χ1n) is 10.4. The summed E-state index contributed by atoms with van der Waals surface area (Å²) in [6.45, 7) is 7.15. The van der Waals surface area contributed by atoms with Gasteiger partial charge < -0.3 is 14.6 Å². The van der Waals surface area contributed by atoms with E-state index in [1.54, 1.807) is 24.4 Å². The Labute approximate surface area is 181 Å². The number of aryl methyl sites for hydroxylation is 2. The lowest BCUT2D eigenvalue weighted by molar-refractivity contribution is 0.0932. The molecule has 1 N–H and O–H groups in total. The highest BCUT2D eigenvalue weighted by Crippen LogP contribution is 2.23. The third kappa shape index (κ3) is 4.58. The van der Waals surface area contributed by atoms with Crippen LogP contribution in [0.15, 0.2) is 66.9 Å². The average molecular weight is 415 g/mol. The maximum absolute atomic E-state index is 12.6. The van der Waals surface area contributed by atoms with E-state index >= 15 is 0 Å². The van der Waals surface area contributed by atoms with E-state index in [9.17, 15) is 4.79 Å². The standard InChI is InChI=1S/C25H26N4O2/c1-17-11-12-18(2)23(16-17)31-15-14-29-22-10-5-4-8-20(22)28-24(29)19(3)27-25(30)21-9-6-7-13-26-21/h4-13,16,19H,14-15H2,1-3H3,(H,27,30). The highest BCUT2D eigenvalue weighted by Gasteiger charge is 2.19. The second-order valence-corrected chi connectivity index (χ2v) is 7.64. The number of carbonyl (C=O) groups excluding carboxylic acids is 1. The lowest BCUT2D eigenvalue weighted by Gasteiger charge is -2.17. The number of para-hydroxylation sites is 2. The molecule has 2 aromatic carbocycles. The fourth-order valence-electron chi connectivity index (χ4n) is 3.60. The maximum Gasteiger partial charge on any atom is 0.270 e. The summed E-state index contributed by atoms with van der Waals surface area (Å²) in [4.78, 5) is 21.5. The Kier molecular flexibility index (Phi) is 5.98. The third-order valence-electron chi connectivity index (χ3n) is 5.23. The monoisotopic (exact) mass is 414 g/mol. The first-order valence-corrected chi connectivity index (χ1v) is 10.4. The quantitative estimate of drug-likeness (QED) is 0.479. The van der Waals surface area contributed by atoms with Crippen molar-refractivity contribution in [1.82, 2.24) is 19.9 Å². The Morgan fingerprint density at radius 3 is 2.71 bits per heavy atom. The number of rotatable bonds is 7. The highest BCUT2D eigenvalue weighted by atomic mass is 16.5. The van der Waals surface area contributed by atoms with Crippen molar-refractivity contribution in [2.24, 2.45) is 0 Å². The Bertz CT molecular complexity index is 1200. The van der Waals surface area contributed by atoms with Gasteiger partial charge >= 0.3 is 0 Å². The van der Waals surface area contributed by atoms with Gasteiger partial charge in [0.05, 0.1) is 23.6 Å². The molecule has 2 aromatic heterocycles. The predicted octanol–water partition coefficient (Wildman–Crippen LogP) is 4.62. The van der Waals surface area contributed by atoms with E-state index in [2.05, 4.69) is 40.0 Å². The molecule has 1 unspecified atom stereocenters. The molecule has 0 aliphatic rings. The highest BCUT2D eigenvalue weighted by molar-refractivity contribution is 5.92. The van der Waals surface area contributed by atoms with Gasteiger partial charge in [-0.05, 0) is 62.2 Å². The minimum atomic E-state index is -0.289. The zero-order valence-corrected chi connectivity index (χ0v) is 18.0. The molecule has 158 valence electrons. The van der Waals surface area contributed by atoms with Crippen LogP contribution >= 0.6 is 0 Å². The molecule has 4 aromatic rings. The summed E-state index contributed by atoms with van der Waals surface area (Å²) in [5, 5.41) is 3.01. The predicted molar refractivity (Wildman–Crippen MR) is 121 cm³/mol. The van der Waals surface area contributed by atoms with Crippen molar-refractivity contribution in [1.29, 1.82) is 0 Å². The fraction of sp³-hybridized carbons (Fsp3) is 0.240. The second kappa shape index (κ2) is 9.00. The van der Waals surface area contributed by atoms with Gasteiger partial charge in [-0.25, -0.2) is 4.98 Å². The summed E-state index contributed by atoms with van der Waals surface area (Å²) in [5.41, 5.74) is 4.57. The molecule has 4 rings (SSSR count). The van der Waals surface area contributed by atoms with Crippen molar-refractivity contribution >= 4 is 16.9 Å². The lowest BCUT2D eigenvalue weighted by Crippen LogP contribution is -2.29. The van der Waals surface area contributed by atoms with E-state index in [0.29, 0.717) is 18.8 Å². The van der Waals surface area contributed by atoms with Gasteiger partial charge in [-0.2, -0.15) is 0 Å². The van der Waals surface area contributed by atoms with Crippen LogP contribution in [0.3, 0.4) is 0 Å². The smallest absolute Gasteiger partial charge is 0.270 e. The van der Waals surface area contributed by atoms with Crippen LogP contribution in [0, 0.1) is 13.8 Å². The van der Waals surface area contributed by atoms with E-state index < -0.39 is 0 Å². The maximum atomic E-state index is 12.6. The van der Waals surface area contributed by atoms with Crippen LogP contribution in [-0.2, 0) is 6.54 Å². The molecule has 6 heteroatoms. The van der Waals surface area contributed by atoms with Crippen LogP contribution in [0.25, 0.3) is 11.0 Å². The van der Waals surface area contributed by atoms with E-state index in [0.717, 1.165) is 28.2 Å². The number of hydrogen-bond acceptors (Lipinski definition) is 4. The normalized spacial score (nSPS) is 12.0. The summed E-state index contributed by atoms with van der Waals surface area (Å²) in [6, 6.07) is 19.2. The van der Waals surface area contributed by atoms with Crippen LogP contribution in [0.5, 0.6) is 5.75 Å². The zero-order chi connectivity index (χ0) is 21.8. The van der Waals surface area contributed by atoms with E-state index in [4.69, 9.17) is 9.72 Å². The molecular formula is C25H26N4O2. The number of imidazole rings is 1.